The molecule has 1 aromatic heterocycles. The molecule has 0 aliphatic heterocycles. The molecule has 5 heteroatoms. The van der Waals surface area contributed by atoms with Crippen molar-refractivity contribution < 1.29 is 9.47 Å². The standard InChI is InChI=1S/C18H25N3O2/c1-6-18(2,3)14-11-17(19)21-20-15(14)9-12-7-8-13(22-4)10-16(12)23-5/h7-8,10-11H,6,9H2,1-5H3,(H2,19,21). The molecule has 0 atom stereocenters. The van der Waals surface area contributed by atoms with E-state index in [9.17, 15) is 0 Å². The minimum absolute atomic E-state index is 0.0148. The van der Waals surface area contributed by atoms with Gasteiger partial charge in [0.1, 0.15) is 17.3 Å². The molecule has 0 fully saturated rings. The van der Waals surface area contributed by atoms with E-state index < -0.39 is 0 Å². The third kappa shape index (κ3) is 3.73. The van der Waals surface area contributed by atoms with Crippen molar-refractivity contribution in [1.29, 1.82) is 0 Å². The van der Waals surface area contributed by atoms with Crippen molar-refractivity contribution in [2.75, 3.05) is 20.0 Å². The Kier molecular flexibility index (Phi) is 5.08. The number of nitrogens with two attached hydrogens (primary N) is 1. The molecule has 0 saturated heterocycles. The van der Waals surface area contributed by atoms with Gasteiger partial charge in [0.15, 0.2) is 0 Å². The van der Waals surface area contributed by atoms with E-state index in [1.807, 2.05) is 24.3 Å². The summed E-state index contributed by atoms with van der Waals surface area (Å²) in [6, 6.07) is 7.73. The Labute approximate surface area is 137 Å². The first-order valence-corrected chi connectivity index (χ1v) is 7.74. The zero-order valence-corrected chi connectivity index (χ0v) is 14.5. The number of hydrogen-bond donors (Lipinski definition) is 1. The number of anilines is 1. The average Bonchev–Trinajstić information content (AvgIpc) is 2.56. The summed E-state index contributed by atoms with van der Waals surface area (Å²) in [5.74, 6) is 2.00. The van der Waals surface area contributed by atoms with Crippen LogP contribution in [0.25, 0.3) is 0 Å². The van der Waals surface area contributed by atoms with Crippen LogP contribution in [0.15, 0.2) is 24.3 Å². The van der Waals surface area contributed by atoms with Gasteiger partial charge in [-0.3, -0.25) is 0 Å². The quantitative estimate of drug-likeness (QED) is 0.885. The van der Waals surface area contributed by atoms with Gasteiger partial charge in [-0.05, 0) is 29.5 Å². The van der Waals surface area contributed by atoms with Crippen LogP contribution in [0.4, 0.5) is 5.82 Å². The fraction of sp³-hybridized carbons (Fsp3) is 0.444. The molecule has 0 aliphatic carbocycles. The van der Waals surface area contributed by atoms with Crippen LogP contribution < -0.4 is 15.2 Å². The monoisotopic (exact) mass is 315 g/mol. The molecule has 0 amide bonds. The first-order chi connectivity index (χ1) is 10.9. The van der Waals surface area contributed by atoms with Crippen molar-refractivity contribution in [3.8, 4) is 11.5 Å². The Bertz CT molecular complexity index is 684. The number of benzene rings is 1. The van der Waals surface area contributed by atoms with Crippen LogP contribution >= 0.6 is 0 Å². The molecule has 1 heterocycles. The van der Waals surface area contributed by atoms with Crippen LogP contribution in [-0.2, 0) is 11.8 Å². The van der Waals surface area contributed by atoms with Crippen LogP contribution in [0.2, 0.25) is 0 Å². The Morgan fingerprint density at radius 1 is 1.09 bits per heavy atom. The van der Waals surface area contributed by atoms with Gasteiger partial charge in [0.2, 0.25) is 0 Å². The topological polar surface area (TPSA) is 70.3 Å². The maximum absolute atomic E-state index is 5.85. The van der Waals surface area contributed by atoms with E-state index in [4.69, 9.17) is 15.2 Å². The first-order valence-electron chi connectivity index (χ1n) is 7.74. The van der Waals surface area contributed by atoms with Gasteiger partial charge in [0.05, 0.1) is 19.9 Å². The minimum atomic E-state index is -0.0148. The molecule has 5 nitrogen and oxygen atoms in total. The van der Waals surface area contributed by atoms with Crippen molar-refractivity contribution in [2.24, 2.45) is 0 Å². The molecule has 0 unspecified atom stereocenters. The van der Waals surface area contributed by atoms with Crippen molar-refractivity contribution in [3.63, 3.8) is 0 Å². The molecule has 2 rings (SSSR count). The normalized spacial score (nSPS) is 11.3. The molecular weight excluding hydrogens is 290 g/mol. The molecule has 1 aromatic carbocycles. The summed E-state index contributed by atoms with van der Waals surface area (Å²) in [4.78, 5) is 0. The number of ether oxygens (including phenoxy) is 2. The average molecular weight is 315 g/mol. The van der Waals surface area contributed by atoms with Crippen LogP contribution in [0.5, 0.6) is 11.5 Å². The van der Waals surface area contributed by atoms with Gasteiger partial charge >= 0.3 is 0 Å². The lowest BCUT2D eigenvalue weighted by Crippen LogP contribution is -2.20. The van der Waals surface area contributed by atoms with Crippen molar-refractivity contribution >= 4 is 5.82 Å². The molecule has 0 spiro atoms. The van der Waals surface area contributed by atoms with Gasteiger partial charge in [0.25, 0.3) is 0 Å². The van der Waals surface area contributed by atoms with Gasteiger partial charge in [-0.1, -0.05) is 26.8 Å². The SMILES string of the molecule is CCC(C)(C)c1cc(N)nnc1Cc1ccc(OC)cc1OC. The number of nitrogen functional groups attached to an aromatic ring is 1. The summed E-state index contributed by atoms with van der Waals surface area (Å²) in [7, 11) is 3.30. The maximum Gasteiger partial charge on any atom is 0.146 e. The number of aromatic nitrogens is 2. The zero-order valence-electron chi connectivity index (χ0n) is 14.5. The third-order valence-corrected chi connectivity index (χ3v) is 4.35. The largest absolute Gasteiger partial charge is 0.497 e. The van der Waals surface area contributed by atoms with Gasteiger partial charge < -0.3 is 15.2 Å². The Hall–Kier alpha value is -2.30. The number of hydrogen-bond acceptors (Lipinski definition) is 5. The lowest BCUT2D eigenvalue weighted by molar-refractivity contribution is 0.391. The van der Waals surface area contributed by atoms with E-state index in [0.717, 1.165) is 34.7 Å². The van der Waals surface area contributed by atoms with Crippen LogP contribution in [0.1, 0.15) is 44.0 Å². The Morgan fingerprint density at radius 2 is 1.83 bits per heavy atom. The Morgan fingerprint density at radius 3 is 2.43 bits per heavy atom. The maximum atomic E-state index is 5.85. The van der Waals surface area contributed by atoms with Crippen LogP contribution in [0, 0.1) is 0 Å². The van der Waals surface area contributed by atoms with Gasteiger partial charge in [-0.2, -0.15) is 5.10 Å². The van der Waals surface area contributed by atoms with E-state index in [2.05, 4.69) is 31.0 Å². The molecular formula is C18H25N3O2. The Balaban J connectivity index is 2.45. The summed E-state index contributed by atoms with van der Waals surface area (Å²) < 4.78 is 10.7. The van der Waals surface area contributed by atoms with Crippen molar-refractivity contribution in [3.05, 3.63) is 41.1 Å². The molecule has 124 valence electrons. The second kappa shape index (κ2) is 6.86. The molecule has 2 aromatic rings. The van der Waals surface area contributed by atoms with E-state index in [-0.39, 0.29) is 5.41 Å². The van der Waals surface area contributed by atoms with Gasteiger partial charge in [-0.25, -0.2) is 0 Å². The van der Waals surface area contributed by atoms with E-state index >= 15 is 0 Å². The number of rotatable bonds is 6. The highest BCUT2D eigenvalue weighted by atomic mass is 16.5. The first kappa shape index (κ1) is 17.1. The van der Waals surface area contributed by atoms with E-state index in [1.54, 1.807) is 14.2 Å². The minimum Gasteiger partial charge on any atom is -0.497 e. The van der Waals surface area contributed by atoms with E-state index in [1.165, 1.54) is 0 Å². The molecule has 23 heavy (non-hydrogen) atoms. The summed E-state index contributed by atoms with van der Waals surface area (Å²) >= 11 is 0. The summed E-state index contributed by atoms with van der Waals surface area (Å²) in [5.41, 5.74) is 8.93. The van der Waals surface area contributed by atoms with Gasteiger partial charge in [0, 0.05) is 18.1 Å². The lowest BCUT2D eigenvalue weighted by Gasteiger charge is -2.25. The fourth-order valence-electron chi connectivity index (χ4n) is 2.52. The predicted molar refractivity (Wildman–Crippen MR) is 92.1 cm³/mol. The third-order valence-electron chi connectivity index (χ3n) is 4.35. The molecule has 0 radical (unpaired) electrons. The molecule has 0 aliphatic rings. The van der Waals surface area contributed by atoms with Crippen molar-refractivity contribution in [1.82, 2.24) is 10.2 Å². The number of methoxy groups -OCH3 is 2. The zero-order chi connectivity index (χ0) is 17.0. The van der Waals surface area contributed by atoms with Crippen LogP contribution in [0.3, 0.4) is 0 Å². The summed E-state index contributed by atoms with van der Waals surface area (Å²) in [6.07, 6.45) is 1.63. The highest BCUT2D eigenvalue weighted by Crippen LogP contribution is 2.32. The second-order valence-corrected chi connectivity index (χ2v) is 6.22. The van der Waals surface area contributed by atoms with Crippen molar-refractivity contribution in [2.45, 2.75) is 39.0 Å². The number of nitrogens with zero attached hydrogens (tertiary/aromatic N) is 2. The lowest BCUT2D eigenvalue weighted by atomic mass is 9.80. The molecule has 0 saturated carbocycles. The predicted octanol–water partition coefficient (Wildman–Crippen LogP) is 3.35. The summed E-state index contributed by atoms with van der Waals surface area (Å²) in [6.45, 7) is 6.55. The van der Waals surface area contributed by atoms with E-state index in [0.29, 0.717) is 12.2 Å². The smallest absolute Gasteiger partial charge is 0.146 e. The highest BCUT2D eigenvalue weighted by molar-refractivity contribution is 5.45. The molecule has 2 N–H and O–H groups in total. The van der Waals surface area contributed by atoms with Gasteiger partial charge in [-0.15, -0.1) is 5.10 Å². The summed E-state index contributed by atoms with van der Waals surface area (Å²) in [5, 5.41) is 8.38. The second-order valence-electron chi connectivity index (χ2n) is 6.22. The highest BCUT2D eigenvalue weighted by Gasteiger charge is 2.24. The fourth-order valence-corrected chi connectivity index (χ4v) is 2.52. The van der Waals surface area contributed by atoms with Crippen LogP contribution in [-0.4, -0.2) is 24.4 Å². The molecule has 0 bridgehead atoms.